The number of hydrogen-bond donors (Lipinski definition) is 1. The van der Waals surface area contributed by atoms with Gasteiger partial charge in [-0.3, -0.25) is 0 Å². The lowest BCUT2D eigenvalue weighted by atomic mass is 10.1. The van der Waals surface area contributed by atoms with E-state index in [2.05, 4.69) is 26.2 Å². The first-order valence-electron chi connectivity index (χ1n) is 6.45. The lowest BCUT2D eigenvalue weighted by Gasteiger charge is -2.18. The van der Waals surface area contributed by atoms with E-state index in [4.69, 9.17) is 0 Å². The molecule has 98 valence electrons. The fraction of sp³-hybridized carbons (Fsp3) is 0.375. The van der Waals surface area contributed by atoms with Crippen LogP contribution in [0.25, 0.3) is 6.08 Å². The molecule has 0 aliphatic carbocycles. The molecule has 1 aromatic carbocycles. The third-order valence-corrected chi connectivity index (χ3v) is 4.15. The number of benzene rings is 1. The molecule has 0 saturated carbocycles. The van der Waals surface area contributed by atoms with Gasteiger partial charge in [0, 0.05) is 8.07 Å². The van der Waals surface area contributed by atoms with Gasteiger partial charge in [-0.1, -0.05) is 67.7 Å². The van der Waals surface area contributed by atoms with Gasteiger partial charge in [-0.05, 0) is 18.0 Å². The van der Waals surface area contributed by atoms with Crippen LogP contribution in [0.2, 0.25) is 25.7 Å². The van der Waals surface area contributed by atoms with Crippen molar-refractivity contribution in [2.75, 3.05) is 0 Å². The maximum absolute atomic E-state index is 9.95. The normalized spacial score (nSPS) is 13.8. The molecule has 1 rings (SSSR count). The Balaban J connectivity index is 2.45. The molecule has 0 fully saturated rings. The van der Waals surface area contributed by atoms with E-state index in [-0.39, 0.29) is 0 Å². The topological polar surface area (TPSA) is 20.2 Å². The lowest BCUT2D eigenvalue weighted by molar-refractivity contribution is 0.224. The summed E-state index contributed by atoms with van der Waals surface area (Å²) in [6.45, 7) is 11.0. The second-order valence-electron chi connectivity index (χ2n) is 6.03. The van der Waals surface area contributed by atoms with Crippen LogP contribution >= 0.6 is 0 Å². The SMILES string of the molecule is C=C(CC(O)C=Cc1ccccc1)C[Si](C)(C)C. The summed E-state index contributed by atoms with van der Waals surface area (Å²) in [6, 6.07) is 11.1. The maximum atomic E-state index is 9.95. The van der Waals surface area contributed by atoms with Crippen molar-refractivity contribution < 1.29 is 5.11 Å². The summed E-state index contributed by atoms with van der Waals surface area (Å²) in [5, 5.41) is 9.95. The van der Waals surface area contributed by atoms with Crippen LogP contribution in [-0.2, 0) is 0 Å². The number of aliphatic hydroxyl groups is 1. The van der Waals surface area contributed by atoms with Crippen molar-refractivity contribution in [1.29, 1.82) is 0 Å². The van der Waals surface area contributed by atoms with Gasteiger partial charge in [0.2, 0.25) is 0 Å². The van der Waals surface area contributed by atoms with Crippen molar-refractivity contribution in [3.8, 4) is 0 Å². The standard InChI is InChI=1S/C16H24OSi/c1-14(13-18(2,3)4)12-16(17)11-10-15-8-6-5-7-9-15/h5-11,16-17H,1,12-13H2,2-4H3. The summed E-state index contributed by atoms with van der Waals surface area (Å²) < 4.78 is 0. The molecule has 0 aliphatic heterocycles. The number of aliphatic hydroxyl groups excluding tert-OH is 1. The zero-order chi connectivity index (χ0) is 13.6. The minimum Gasteiger partial charge on any atom is -0.389 e. The fourth-order valence-corrected chi connectivity index (χ4v) is 3.62. The Morgan fingerprint density at radius 2 is 1.89 bits per heavy atom. The van der Waals surface area contributed by atoms with Gasteiger partial charge in [0.25, 0.3) is 0 Å². The molecule has 0 aromatic heterocycles. The molecule has 0 heterocycles. The lowest BCUT2D eigenvalue weighted by Crippen LogP contribution is -2.20. The zero-order valence-electron chi connectivity index (χ0n) is 11.7. The monoisotopic (exact) mass is 260 g/mol. The average Bonchev–Trinajstić information content (AvgIpc) is 2.25. The van der Waals surface area contributed by atoms with E-state index in [1.165, 1.54) is 5.57 Å². The highest BCUT2D eigenvalue weighted by molar-refractivity contribution is 6.76. The predicted molar refractivity (Wildman–Crippen MR) is 83.4 cm³/mol. The summed E-state index contributed by atoms with van der Waals surface area (Å²) >= 11 is 0. The first-order valence-corrected chi connectivity index (χ1v) is 10.2. The second-order valence-corrected chi connectivity index (χ2v) is 11.5. The van der Waals surface area contributed by atoms with Crippen molar-refractivity contribution in [3.63, 3.8) is 0 Å². The molecule has 18 heavy (non-hydrogen) atoms. The molecule has 2 heteroatoms. The number of hydrogen-bond acceptors (Lipinski definition) is 1. The molecular weight excluding hydrogens is 236 g/mol. The molecule has 0 spiro atoms. The molecule has 1 nitrogen and oxygen atoms in total. The van der Waals surface area contributed by atoms with E-state index in [1.807, 2.05) is 42.5 Å². The van der Waals surface area contributed by atoms with Crippen LogP contribution in [0.4, 0.5) is 0 Å². The van der Waals surface area contributed by atoms with Crippen molar-refractivity contribution >= 4 is 14.1 Å². The van der Waals surface area contributed by atoms with Crippen LogP contribution in [0, 0.1) is 0 Å². The van der Waals surface area contributed by atoms with Gasteiger partial charge in [-0.15, -0.1) is 6.58 Å². The van der Waals surface area contributed by atoms with Gasteiger partial charge in [0.15, 0.2) is 0 Å². The van der Waals surface area contributed by atoms with Crippen molar-refractivity contribution in [3.05, 3.63) is 54.1 Å². The molecule has 1 aromatic rings. The summed E-state index contributed by atoms with van der Waals surface area (Å²) in [7, 11) is -1.11. The minimum atomic E-state index is -1.11. The average molecular weight is 260 g/mol. The highest BCUT2D eigenvalue weighted by atomic mass is 28.3. The quantitative estimate of drug-likeness (QED) is 0.595. The van der Waals surface area contributed by atoms with Crippen LogP contribution < -0.4 is 0 Å². The Morgan fingerprint density at radius 1 is 1.28 bits per heavy atom. The Kier molecular flexibility index (Phi) is 5.57. The van der Waals surface area contributed by atoms with Crippen LogP contribution in [0.1, 0.15) is 12.0 Å². The van der Waals surface area contributed by atoms with E-state index in [9.17, 15) is 5.11 Å². The first-order chi connectivity index (χ1) is 8.37. The summed E-state index contributed by atoms with van der Waals surface area (Å²) in [6.07, 6.45) is 4.07. The highest BCUT2D eigenvalue weighted by Crippen LogP contribution is 2.19. The summed E-state index contributed by atoms with van der Waals surface area (Å²) in [4.78, 5) is 0. The van der Waals surface area contributed by atoms with Gasteiger partial charge in [-0.25, -0.2) is 0 Å². The number of rotatable bonds is 6. The molecule has 0 radical (unpaired) electrons. The van der Waals surface area contributed by atoms with Gasteiger partial charge in [0.1, 0.15) is 0 Å². The van der Waals surface area contributed by atoms with Crippen molar-refractivity contribution in [2.24, 2.45) is 0 Å². The predicted octanol–water partition coefficient (Wildman–Crippen LogP) is 4.35. The molecule has 0 aliphatic rings. The highest BCUT2D eigenvalue weighted by Gasteiger charge is 2.15. The van der Waals surface area contributed by atoms with E-state index >= 15 is 0 Å². The Bertz CT molecular complexity index is 401. The van der Waals surface area contributed by atoms with Crippen LogP contribution in [0.5, 0.6) is 0 Å². The summed E-state index contributed by atoms with van der Waals surface area (Å²) in [5.41, 5.74) is 2.28. The summed E-state index contributed by atoms with van der Waals surface area (Å²) in [5.74, 6) is 0. The largest absolute Gasteiger partial charge is 0.389 e. The zero-order valence-corrected chi connectivity index (χ0v) is 12.7. The van der Waals surface area contributed by atoms with Crippen LogP contribution in [-0.4, -0.2) is 19.3 Å². The molecular formula is C16H24OSi. The minimum absolute atomic E-state index is 0.422. The van der Waals surface area contributed by atoms with E-state index in [0.29, 0.717) is 6.42 Å². The first kappa shape index (κ1) is 14.9. The van der Waals surface area contributed by atoms with Gasteiger partial charge in [0.05, 0.1) is 6.10 Å². The second kappa shape index (κ2) is 6.71. The fourth-order valence-electron chi connectivity index (χ4n) is 1.97. The van der Waals surface area contributed by atoms with E-state index in [1.54, 1.807) is 0 Å². The Hall–Kier alpha value is -1.12. The van der Waals surface area contributed by atoms with Crippen LogP contribution in [0.3, 0.4) is 0 Å². The maximum Gasteiger partial charge on any atom is 0.0761 e. The molecule has 0 saturated heterocycles. The molecule has 1 N–H and O–H groups in total. The third kappa shape index (κ3) is 6.57. The van der Waals surface area contributed by atoms with Crippen molar-refractivity contribution in [1.82, 2.24) is 0 Å². The van der Waals surface area contributed by atoms with E-state index < -0.39 is 14.2 Å². The molecule has 0 amide bonds. The molecule has 1 atom stereocenters. The van der Waals surface area contributed by atoms with Crippen LogP contribution in [0.15, 0.2) is 48.6 Å². The Labute approximate surface area is 112 Å². The van der Waals surface area contributed by atoms with Gasteiger partial charge < -0.3 is 5.11 Å². The third-order valence-electron chi connectivity index (χ3n) is 2.59. The van der Waals surface area contributed by atoms with Gasteiger partial charge in [-0.2, -0.15) is 0 Å². The smallest absolute Gasteiger partial charge is 0.0761 e. The van der Waals surface area contributed by atoms with E-state index in [0.717, 1.165) is 11.6 Å². The van der Waals surface area contributed by atoms with Gasteiger partial charge >= 0.3 is 0 Å². The Morgan fingerprint density at radius 3 is 2.44 bits per heavy atom. The molecule has 1 unspecified atom stereocenters. The molecule has 0 bridgehead atoms. The van der Waals surface area contributed by atoms with Crippen molar-refractivity contribution in [2.45, 2.75) is 38.2 Å².